The second-order valence-corrected chi connectivity index (χ2v) is 7.86. The molecule has 2 aliphatic rings. The number of morpholine rings is 1. The summed E-state index contributed by atoms with van der Waals surface area (Å²) in [6.07, 6.45) is 4.85. The van der Waals surface area contributed by atoms with E-state index in [9.17, 15) is 4.79 Å². The van der Waals surface area contributed by atoms with E-state index in [0.717, 1.165) is 49.6 Å². The van der Waals surface area contributed by atoms with Crippen molar-refractivity contribution in [3.8, 4) is 0 Å². The first-order valence-electron chi connectivity index (χ1n) is 8.80. The fraction of sp³-hybridized carbons (Fsp3) is 0.474. The fourth-order valence-electron chi connectivity index (χ4n) is 3.83. The molecule has 0 bridgehead atoms. The fourth-order valence-corrected chi connectivity index (χ4v) is 4.52. The van der Waals surface area contributed by atoms with Crippen molar-refractivity contribution in [2.45, 2.75) is 32.0 Å². The van der Waals surface area contributed by atoms with Crippen molar-refractivity contribution < 1.29 is 9.53 Å². The lowest BCUT2D eigenvalue weighted by molar-refractivity contribution is -0.101. The van der Waals surface area contributed by atoms with Crippen LogP contribution < -0.4 is 0 Å². The zero-order valence-corrected chi connectivity index (χ0v) is 15.2. The van der Waals surface area contributed by atoms with Crippen LogP contribution in [0.1, 0.15) is 27.2 Å². The number of ether oxygens (including phenoxy) is 1. The Hall–Kier alpha value is -1.76. The van der Waals surface area contributed by atoms with Gasteiger partial charge in [-0.05, 0) is 36.4 Å². The van der Waals surface area contributed by atoms with Gasteiger partial charge in [0.2, 0.25) is 0 Å². The van der Waals surface area contributed by atoms with Gasteiger partial charge in [-0.1, -0.05) is 6.07 Å². The number of pyridine rings is 1. The number of thiophene rings is 1. The summed E-state index contributed by atoms with van der Waals surface area (Å²) < 4.78 is 6.00. The molecular weight excluding hydrogens is 334 g/mol. The predicted molar refractivity (Wildman–Crippen MR) is 97.8 cm³/mol. The van der Waals surface area contributed by atoms with Crippen LogP contribution in [0, 0.1) is 6.92 Å². The third-order valence-corrected chi connectivity index (χ3v) is 6.03. The van der Waals surface area contributed by atoms with E-state index in [2.05, 4.69) is 16.0 Å². The highest BCUT2D eigenvalue weighted by molar-refractivity contribution is 7.10. The maximum Gasteiger partial charge on any atom is 0.255 e. The van der Waals surface area contributed by atoms with Crippen LogP contribution in [0.3, 0.4) is 0 Å². The van der Waals surface area contributed by atoms with Gasteiger partial charge in [0.25, 0.3) is 5.91 Å². The summed E-state index contributed by atoms with van der Waals surface area (Å²) in [7, 11) is 0. The molecule has 2 aromatic heterocycles. The normalized spacial score (nSPS) is 24.1. The van der Waals surface area contributed by atoms with Gasteiger partial charge in [0.05, 0.1) is 24.3 Å². The molecule has 132 valence electrons. The molecule has 0 spiro atoms. The van der Waals surface area contributed by atoms with Crippen molar-refractivity contribution in [2.75, 3.05) is 26.2 Å². The molecule has 0 saturated carbocycles. The number of nitrogens with zero attached hydrogens (tertiary/aromatic N) is 3. The molecule has 2 fully saturated rings. The van der Waals surface area contributed by atoms with Crippen LogP contribution in [-0.4, -0.2) is 59.1 Å². The largest absolute Gasteiger partial charge is 0.375 e. The van der Waals surface area contributed by atoms with Crippen molar-refractivity contribution in [3.05, 3.63) is 52.0 Å². The summed E-state index contributed by atoms with van der Waals surface area (Å²) in [6.45, 7) is 6.05. The van der Waals surface area contributed by atoms with Gasteiger partial charge in [0.15, 0.2) is 0 Å². The summed E-state index contributed by atoms with van der Waals surface area (Å²) >= 11 is 1.63. The second kappa shape index (κ2) is 7.23. The van der Waals surface area contributed by atoms with E-state index in [-0.39, 0.29) is 18.1 Å². The van der Waals surface area contributed by atoms with Crippen LogP contribution in [0.4, 0.5) is 0 Å². The molecule has 1 amide bonds. The number of fused-ring (bicyclic) bond motifs is 1. The van der Waals surface area contributed by atoms with Crippen molar-refractivity contribution in [2.24, 2.45) is 0 Å². The topological polar surface area (TPSA) is 45.7 Å². The first-order chi connectivity index (χ1) is 12.2. The van der Waals surface area contributed by atoms with E-state index >= 15 is 0 Å². The van der Waals surface area contributed by atoms with E-state index in [1.165, 1.54) is 5.56 Å². The molecule has 0 aliphatic carbocycles. The van der Waals surface area contributed by atoms with Crippen LogP contribution in [0.2, 0.25) is 0 Å². The molecule has 4 rings (SSSR count). The van der Waals surface area contributed by atoms with Gasteiger partial charge in [-0.25, -0.2) is 0 Å². The Labute approximate surface area is 152 Å². The monoisotopic (exact) mass is 357 g/mol. The number of rotatable bonds is 3. The number of aromatic nitrogens is 1. The number of aryl methyl sites for hydroxylation is 1. The first kappa shape index (κ1) is 16.7. The molecule has 0 unspecified atom stereocenters. The number of piperidine rings is 1. The van der Waals surface area contributed by atoms with E-state index in [1.54, 1.807) is 17.5 Å². The van der Waals surface area contributed by atoms with E-state index < -0.39 is 0 Å². The van der Waals surface area contributed by atoms with E-state index in [0.29, 0.717) is 0 Å². The van der Waals surface area contributed by atoms with Gasteiger partial charge < -0.3 is 9.64 Å². The molecule has 6 heteroatoms. The molecule has 2 saturated heterocycles. The minimum Gasteiger partial charge on any atom is -0.375 e. The Bertz CT molecular complexity index is 733. The van der Waals surface area contributed by atoms with Gasteiger partial charge in [-0.15, -0.1) is 11.3 Å². The molecule has 4 heterocycles. The molecule has 0 radical (unpaired) electrons. The molecule has 25 heavy (non-hydrogen) atoms. The zero-order valence-electron chi connectivity index (χ0n) is 14.4. The third-order valence-electron chi connectivity index (χ3n) is 5.18. The second-order valence-electron chi connectivity index (χ2n) is 6.74. The van der Waals surface area contributed by atoms with Crippen molar-refractivity contribution >= 4 is 17.2 Å². The maximum absolute atomic E-state index is 12.9. The van der Waals surface area contributed by atoms with Gasteiger partial charge >= 0.3 is 0 Å². The lowest BCUT2D eigenvalue weighted by atomic mass is 9.97. The quantitative estimate of drug-likeness (QED) is 0.847. The number of amides is 1. The van der Waals surface area contributed by atoms with Gasteiger partial charge in [-0.3, -0.25) is 14.7 Å². The Balaban J connectivity index is 1.49. The Morgan fingerprint density at radius 3 is 3.08 bits per heavy atom. The number of carbonyl (C=O) groups excluding carboxylic acids is 1. The number of hydrogen-bond acceptors (Lipinski definition) is 5. The summed E-state index contributed by atoms with van der Waals surface area (Å²) in [6, 6.07) is 6.28. The molecular formula is C19H23N3O2S. The minimum atomic E-state index is 0.157. The Kier molecular flexibility index (Phi) is 4.83. The first-order valence-corrected chi connectivity index (χ1v) is 9.68. The highest BCUT2D eigenvalue weighted by Crippen LogP contribution is 2.26. The Morgan fingerprint density at radius 1 is 1.40 bits per heavy atom. The number of likely N-dealkylation sites (tertiary alicyclic amines) is 1. The standard InChI is InChI=1S/C19H23N3O2S/c1-14-16(5-10-25-14)19(23)22-7-4-18-17(13-22)21(8-9-24-18)12-15-3-2-6-20-11-15/h2-3,5-6,10-11,17-18H,4,7-9,12-13H2,1H3/t17-,18-/m1/s1. The Morgan fingerprint density at radius 2 is 2.32 bits per heavy atom. The van der Waals surface area contributed by atoms with Crippen molar-refractivity contribution in [3.63, 3.8) is 0 Å². The molecule has 2 aromatic rings. The van der Waals surface area contributed by atoms with Crippen LogP contribution in [0.15, 0.2) is 36.0 Å². The van der Waals surface area contributed by atoms with Crippen molar-refractivity contribution in [1.82, 2.24) is 14.8 Å². The number of hydrogen-bond donors (Lipinski definition) is 0. The summed E-state index contributed by atoms with van der Waals surface area (Å²) in [5.74, 6) is 0.157. The minimum absolute atomic E-state index is 0.157. The maximum atomic E-state index is 12.9. The van der Waals surface area contributed by atoms with E-state index in [4.69, 9.17) is 4.74 Å². The molecule has 0 N–H and O–H groups in total. The predicted octanol–water partition coefficient (Wildman–Crippen LogP) is 2.57. The van der Waals surface area contributed by atoms with Gasteiger partial charge in [0, 0.05) is 43.4 Å². The van der Waals surface area contributed by atoms with Gasteiger partial charge in [-0.2, -0.15) is 0 Å². The summed E-state index contributed by atoms with van der Waals surface area (Å²) in [5.41, 5.74) is 2.05. The molecule has 0 aromatic carbocycles. The zero-order chi connectivity index (χ0) is 17.2. The average Bonchev–Trinajstić information content (AvgIpc) is 3.08. The summed E-state index contributed by atoms with van der Waals surface area (Å²) in [5, 5.41) is 1.99. The molecule has 2 atom stereocenters. The molecule has 2 aliphatic heterocycles. The highest BCUT2D eigenvalue weighted by atomic mass is 32.1. The van der Waals surface area contributed by atoms with E-state index in [1.807, 2.05) is 35.5 Å². The number of carbonyl (C=O) groups is 1. The SMILES string of the molecule is Cc1sccc1C(=O)N1CC[C@H]2OCCN(Cc3cccnc3)[C@@H]2C1. The van der Waals surface area contributed by atoms with Crippen LogP contribution >= 0.6 is 11.3 Å². The average molecular weight is 357 g/mol. The van der Waals surface area contributed by atoms with Crippen LogP contribution in [-0.2, 0) is 11.3 Å². The lowest BCUT2D eigenvalue weighted by Crippen LogP contribution is -2.60. The summed E-state index contributed by atoms with van der Waals surface area (Å²) in [4.78, 5) is 22.7. The van der Waals surface area contributed by atoms with Crippen LogP contribution in [0.5, 0.6) is 0 Å². The van der Waals surface area contributed by atoms with Crippen molar-refractivity contribution in [1.29, 1.82) is 0 Å². The van der Waals surface area contributed by atoms with Crippen LogP contribution in [0.25, 0.3) is 0 Å². The molecule has 5 nitrogen and oxygen atoms in total. The highest BCUT2D eigenvalue weighted by Gasteiger charge is 2.38. The lowest BCUT2D eigenvalue weighted by Gasteiger charge is -2.47. The smallest absolute Gasteiger partial charge is 0.255 e. The van der Waals surface area contributed by atoms with Gasteiger partial charge in [0.1, 0.15) is 0 Å². The third kappa shape index (κ3) is 3.47.